The van der Waals surface area contributed by atoms with Gasteiger partial charge in [0.1, 0.15) is 0 Å². The molecule has 3 aromatic carbocycles. The van der Waals surface area contributed by atoms with Crippen molar-refractivity contribution in [1.82, 2.24) is 15.4 Å². The van der Waals surface area contributed by atoms with Crippen LogP contribution in [0.4, 0.5) is 0 Å². The molecule has 1 amide bonds. The Kier molecular flexibility index (Phi) is 6.80. The van der Waals surface area contributed by atoms with Crippen LogP contribution < -0.4 is 5.48 Å². The first-order valence-corrected chi connectivity index (χ1v) is 12.2. The number of nitrogens with one attached hydrogen (secondary N) is 2. The van der Waals surface area contributed by atoms with Crippen LogP contribution in [-0.2, 0) is 24.2 Å². The zero-order valence-corrected chi connectivity index (χ0v) is 20.0. The summed E-state index contributed by atoms with van der Waals surface area (Å²) in [5, 5.41) is 10.0. The van der Waals surface area contributed by atoms with Gasteiger partial charge in [0.2, 0.25) is 0 Å². The largest absolute Gasteiger partial charge is 0.361 e. The average Bonchev–Trinajstić information content (AvgIpc) is 3.50. The van der Waals surface area contributed by atoms with Gasteiger partial charge in [0.25, 0.3) is 5.91 Å². The number of nitrogens with zero attached hydrogens (tertiary/aromatic N) is 1. The van der Waals surface area contributed by atoms with E-state index in [4.69, 9.17) is 5.21 Å². The molecule has 0 radical (unpaired) electrons. The number of rotatable bonds is 8. The van der Waals surface area contributed by atoms with E-state index in [0.717, 1.165) is 37.9 Å². The second kappa shape index (κ2) is 10.3. The van der Waals surface area contributed by atoms with Gasteiger partial charge in [-0.25, -0.2) is 5.48 Å². The summed E-state index contributed by atoms with van der Waals surface area (Å²) in [4.78, 5) is 17.4. The Hall–Kier alpha value is -3.67. The number of carbonyl (C=O) groups is 1. The molecular formula is C30H31N3O2. The second-order valence-electron chi connectivity index (χ2n) is 9.39. The number of para-hydroxylation sites is 1. The molecule has 0 saturated carbocycles. The zero-order valence-electron chi connectivity index (χ0n) is 20.0. The molecule has 35 heavy (non-hydrogen) atoms. The summed E-state index contributed by atoms with van der Waals surface area (Å²) in [7, 11) is 0. The first kappa shape index (κ1) is 23.1. The van der Waals surface area contributed by atoms with Crippen LogP contribution in [0.5, 0.6) is 0 Å². The molecule has 1 aromatic heterocycles. The Morgan fingerprint density at radius 2 is 1.97 bits per heavy atom. The Labute approximate surface area is 206 Å². The van der Waals surface area contributed by atoms with Gasteiger partial charge in [-0.15, -0.1) is 0 Å². The monoisotopic (exact) mass is 465 g/mol. The highest BCUT2D eigenvalue weighted by molar-refractivity contribution is 5.90. The number of H-pyrrole nitrogens is 1. The van der Waals surface area contributed by atoms with E-state index in [0.29, 0.717) is 6.04 Å². The van der Waals surface area contributed by atoms with E-state index >= 15 is 0 Å². The minimum Gasteiger partial charge on any atom is -0.361 e. The van der Waals surface area contributed by atoms with Crippen LogP contribution in [0, 0.1) is 6.92 Å². The minimum atomic E-state index is -0.523. The van der Waals surface area contributed by atoms with Crippen LogP contribution in [-0.4, -0.2) is 27.5 Å². The number of fused-ring (bicyclic) bond motifs is 2. The van der Waals surface area contributed by atoms with Gasteiger partial charge in [-0.2, -0.15) is 0 Å². The van der Waals surface area contributed by atoms with E-state index in [2.05, 4.69) is 89.7 Å². The number of carbonyl (C=O) groups excluding carboxylic acids is 1. The second-order valence-corrected chi connectivity index (χ2v) is 9.39. The topological polar surface area (TPSA) is 68.4 Å². The average molecular weight is 466 g/mol. The number of hydrogen-bond acceptors (Lipinski definition) is 3. The number of hydroxylamine groups is 1. The van der Waals surface area contributed by atoms with Crippen molar-refractivity contribution < 1.29 is 10.0 Å². The molecule has 0 bridgehead atoms. The summed E-state index contributed by atoms with van der Waals surface area (Å²) in [5.74, 6) is -0.523. The molecule has 0 spiro atoms. The fourth-order valence-corrected chi connectivity index (χ4v) is 5.18. The van der Waals surface area contributed by atoms with Gasteiger partial charge >= 0.3 is 0 Å². The standard InChI is InChI=1S/C30H31N3O2/c1-21-6-8-23(9-7-21)20-33(17-16-25-19-31-28-5-3-2-4-26(25)28)29-14-12-24-18-22(10-13-27(24)29)11-15-30(34)32-35/h2-11,13,15,18-19,29,31,35H,12,14,16-17,20H2,1H3,(H,32,34)/b15-11+. The van der Waals surface area contributed by atoms with Gasteiger partial charge < -0.3 is 4.98 Å². The Balaban J connectivity index is 1.39. The fourth-order valence-electron chi connectivity index (χ4n) is 5.18. The lowest BCUT2D eigenvalue weighted by Crippen LogP contribution is -2.29. The van der Waals surface area contributed by atoms with Gasteiger partial charge in [-0.3, -0.25) is 14.9 Å². The summed E-state index contributed by atoms with van der Waals surface area (Å²) in [5.41, 5.74) is 10.5. The van der Waals surface area contributed by atoms with Crippen molar-refractivity contribution in [2.45, 2.75) is 38.8 Å². The maximum Gasteiger partial charge on any atom is 0.267 e. The number of amides is 1. The molecule has 0 fully saturated rings. The molecule has 0 saturated heterocycles. The SMILES string of the molecule is Cc1ccc(CN(CCc2c[nH]c3ccccc23)C2CCc3cc(/C=C/C(=O)NO)ccc32)cc1. The highest BCUT2D eigenvalue weighted by atomic mass is 16.5. The van der Waals surface area contributed by atoms with Gasteiger partial charge in [0.05, 0.1) is 0 Å². The van der Waals surface area contributed by atoms with Crippen LogP contribution in [0.15, 0.2) is 79.0 Å². The van der Waals surface area contributed by atoms with Crippen LogP contribution in [0.25, 0.3) is 17.0 Å². The van der Waals surface area contributed by atoms with Crippen LogP contribution in [0.3, 0.4) is 0 Å². The van der Waals surface area contributed by atoms with E-state index in [9.17, 15) is 4.79 Å². The maximum absolute atomic E-state index is 11.3. The summed E-state index contributed by atoms with van der Waals surface area (Å²) >= 11 is 0. The molecule has 1 aliphatic carbocycles. The van der Waals surface area contributed by atoms with Crippen molar-refractivity contribution in [3.05, 3.63) is 112 Å². The normalized spacial score (nSPS) is 15.2. The van der Waals surface area contributed by atoms with Crippen molar-refractivity contribution in [3.63, 3.8) is 0 Å². The van der Waals surface area contributed by atoms with E-state index in [1.54, 1.807) is 11.6 Å². The third kappa shape index (κ3) is 5.21. The number of aromatic amines is 1. The molecule has 1 atom stereocenters. The molecular weight excluding hydrogens is 434 g/mol. The first-order chi connectivity index (χ1) is 17.1. The molecule has 1 unspecified atom stereocenters. The molecule has 1 aliphatic rings. The molecule has 5 heteroatoms. The summed E-state index contributed by atoms with van der Waals surface area (Å²) in [6.07, 6.45) is 8.32. The third-order valence-corrected chi connectivity index (χ3v) is 7.04. The van der Waals surface area contributed by atoms with Gasteiger partial charge in [-0.1, -0.05) is 66.2 Å². The van der Waals surface area contributed by atoms with Gasteiger partial charge in [0, 0.05) is 42.3 Å². The summed E-state index contributed by atoms with van der Waals surface area (Å²) in [6, 6.07) is 24.2. The van der Waals surface area contributed by atoms with Crippen LogP contribution >= 0.6 is 0 Å². The maximum atomic E-state index is 11.3. The van der Waals surface area contributed by atoms with E-state index in [-0.39, 0.29) is 0 Å². The highest BCUT2D eigenvalue weighted by Crippen LogP contribution is 2.37. The zero-order chi connectivity index (χ0) is 24.2. The molecule has 0 aliphatic heterocycles. The van der Waals surface area contributed by atoms with Crippen molar-refractivity contribution in [1.29, 1.82) is 0 Å². The molecule has 178 valence electrons. The van der Waals surface area contributed by atoms with Crippen LogP contribution in [0.2, 0.25) is 0 Å². The number of aromatic nitrogens is 1. The molecule has 5 rings (SSSR count). The predicted molar refractivity (Wildman–Crippen MR) is 140 cm³/mol. The lowest BCUT2D eigenvalue weighted by atomic mass is 10.0. The van der Waals surface area contributed by atoms with Crippen molar-refractivity contribution in [2.24, 2.45) is 0 Å². The predicted octanol–water partition coefficient (Wildman–Crippen LogP) is 5.73. The Morgan fingerprint density at radius 1 is 1.14 bits per heavy atom. The smallest absolute Gasteiger partial charge is 0.267 e. The highest BCUT2D eigenvalue weighted by Gasteiger charge is 2.28. The van der Waals surface area contributed by atoms with E-state index < -0.39 is 5.91 Å². The number of benzene rings is 3. The molecule has 5 nitrogen and oxygen atoms in total. The molecule has 4 aromatic rings. The Bertz CT molecular complexity index is 1350. The minimum absolute atomic E-state index is 0.357. The number of aryl methyl sites for hydroxylation is 2. The third-order valence-electron chi connectivity index (χ3n) is 7.04. The number of hydrogen-bond donors (Lipinski definition) is 3. The van der Waals surface area contributed by atoms with Gasteiger partial charge in [0.15, 0.2) is 0 Å². The molecule has 1 heterocycles. The van der Waals surface area contributed by atoms with E-state index in [1.807, 2.05) is 0 Å². The first-order valence-electron chi connectivity index (χ1n) is 12.2. The van der Waals surface area contributed by atoms with Crippen LogP contribution in [0.1, 0.15) is 45.8 Å². The van der Waals surface area contributed by atoms with E-state index in [1.165, 1.54) is 44.8 Å². The van der Waals surface area contributed by atoms with Crippen molar-refractivity contribution in [2.75, 3.05) is 6.54 Å². The summed E-state index contributed by atoms with van der Waals surface area (Å²) < 4.78 is 0. The van der Waals surface area contributed by atoms with Crippen molar-refractivity contribution >= 4 is 22.9 Å². The fraction of sp³-hybridized carbons (Fsp3) is 0.233. The van der Waals surface area contributed by atoms with Gasteiger partial charge in [-0.05, 0) is 66.1 Å². The quantitative estimate of drug-likeness (QED) is 0.177. The lowest BCUT2D eigenvalue weighted by Gasteiger charge is -2.30. The molecule has 3 N–H and O–H groups in total. The lowest BCUT2D eigenvalue weighted by molar-refractivity contribution is -0.124. The Morgan fingerprint density at radius 3 is 2.80 bits per heavy atom. The van der Waals surface area contributed by atoms with Crippen molar-refractivity contribution in [3.8, 4) is 0 Å². The summed E-state index contributed by atoms with van der Waals surface area (Å²) in [6.45, 7) is 4.01.